The van der Waals surface area contributed by atoms with Crippen LogP contribution < -0.4 is 5.73 Å². The quantitative estimate of drug-likeness (QED) is 0.854. The maximum Gasteiger partial charge on any atom is 0.243 e. The first-order valence-electron chi connectivity index (χ1n) is 6.34. The Balaban J connectivity index is 2.38. The Labute approximate surface area is 109 Å². The summed E-state index contributed by atoms with van der Waals surface area (Å²) in [6.07, 6.45) is 2.78. The number of sulfonamides is 1. The van der Waals surface area contributed by atoms with E-state index in [1.54, 1.807) is 22.5 Å². The van der Waals surface area contributed by atoms with Gasteiger partial charge in [0.15, 0.2) is 0 Å². The zero-order valence-corrected chi connectivity index (χ0v) is 11.7. The lowest BCUT2D eigenvalue weighted by Gasteiger charge is -2.23. The molecule has 0 radical (unpaired) electrons. The molecule has 1 aromatic rings. The largest absolute Gasteiger partial charge is 0.399 e. The number of benzene rings is 1. The van der Waals surface area contributed by atoms with Gasteiger partial charge in [0.25, 0.3) is 0 Å². The van der Waals surface area contributed by atoms with Crippen LogP contribution in [-0.4, -0.2) is 25.3 Å². The molecule has 1 saturated heterocycles. The SMILES string of the molecule is CCC1CCCN1S(=O)(=O)c1ccc(N)c(C)c1. The highest BCUT2D eigenvalue weighted by Crippen LogP contribution is 2.28. The van der Waals surface area contributed by atoms with E-state index in [4.69, 9.17) is 5.73 Å². The van der Waals surface area contributed by atoms with Gasteiger partial charge in [0, 0.05) is 18.3 Å². The van der Waals surface area contributed by atoms with Gasteiger partial charge in [0.2, 0.25) is 10.0 Å². The monoisotopic (exact) mass is 268 g/mol. The van der Waals surface area contributed by atoms with E-state index in [1.807, 2.05) is 13.8 Å². The fourth-order valence-electron chi connectivity index (χ4n) is 2.48. The number of rotatable bonds is 3. The van der Waals surface area contributed by atoms with Crippen LogP contribution >= 0.6 is 0 Å². The molecule has 0 aromatic heterocycles. The highest BCUT2D eigenvalue weighted by Gasteiger charge is 2.34. The lowest BCUT2D eigenvalue weighted by molar-refractivity contribution is 0.379. The lowest BCUT2D eigenvalue weighted by Crippen LogP contribution is -2.35. The minimum absolute atomic E-state index is 0.146. The van der Waals surface area contributed by atoms with Crippen LogP contribution in [0.1, 0.15) is 31.7 Å². The van der Waals surface area contributed by atoms with Gasteiger partial charge in [-0.05, 0) is 49.9 Å². The van der Waals surface area contributed by atoms with Gasteiger partial charge in [-0.25, -0.2) is 8.42 Å². The van der Waals surface area contributed by atoms with E-state index in [2.05, 4.69) is 0 Å². The summed E-state index contributed by atoms with van der Waals surface area (Å²) in [4.78, 5) is 0.356. The molecular formula is C13H20N2O2S. The van der Waals surface area contributed by atoms with Gasteiger partial charge in [0.1, 0.15) is 0 Å². The van der Waals surface area contributed by atoms with Crippen molar-refractivity contribution < 1.29 is 8.42 Å². The highest BCUT2D eigenvalue weighted by atomic mass is 32.2. The van der Waals surface area contributed by atoms with E-state index in [-0.39, 0.29) is 6.04 Å². The van der Waals surface area contributed by atoms with Crippen LogP contribution in [0.25, 0.3) is 0 Å². The number of hydrogen-bond acceptors (Lipinski definition) is 3. The summed E-state index contributed by atoms with van der Waals surface area (Å²) in [6.45, 7) is 4.49. The van der Waals surface area contributed by atoms with Crippen molar-refractivity contribution in [1.29, 1.82) is 0 Å². The minimum atomic E-state index is -3.36. The number of anilines is 1. The summed E-state index contributed by atoms with van der Waals surface area (Å²) in [5.74, 6) is 0. The molecule has 0 aliphatic carbocycles. The van der Waals surface area contributed by atoms with Crippen LogP contribution in [0.5, 0.6) is 0 Å². The zero-order valence-electron chi connectivity index (χ0n) is 10.9. The third-order valence-electron chi connectivity index (χ3n) is 3.64. The molecule has 5 heteroatoms. The second-order valence-electron chi connectivity index (χ2n) is 4.84. The zero-order chi connectivity index (χ0) is 13.3. The van der Waals surface area contributed by atoms with Crippen LogP contribution in [0.3, 0.4) is 0 Å². The van der Waals surface area contributed by atoms with E-state index in [9.17, 15) is 8.42 Å². The first-order chi connectivity index (χ1) is 8.46. The van der Waals surface area contributed by atoms with Crippen molar-refractivity contribution in [2.75, 3.05) is 12.3 Å². The normalized spacial score (nSPS) is 21.3. The van der Waals surface area contributed by atoms with Crippen LogP contribution in [0.15, 0.2) is 23.1 Å². The average Bonchev–Trinajstić information content (AvgIpc) is 2.81. The van der Waals surface area contributed by atoms with Crippen molar-refractivity contribution in [3.63, 3.8) is 0 Å². The Morgan fingerprint density at radius 1 is 1.44 bits per heavy atom. The topological polar surface area (TPSA) is 63.4 Å². The molecular weight excluding hydrogens is 248 g/mol. The molecule has 0 amide bonds. The molecule has 0 bridgehead atoms. The first-order valence-corrected chi connectivity index (χ1v) is 7.78. The highest BCUT2D eigenvalue weighted by molar-refractivity contribution is 7.89. The molecule has 1 unspecified atom stereocenters. The number of nitrogens with two attached hydrogens (primary N) is 1. The Morgan fingerprint density at radius 3 is 2.78 bits per heavy atom. The van der Waals surface area contributed by atoms with Gasteiger partial charge in [-0.3, -0.25) is 0 Å². The first kappa shape index (κ1) is 13.4. The van der Waals surface area contributed by atoms with Crippen molar-refractivity contribution in [1.82, 2.24) is 4.31 Å². The molecule has 2 N–H and O–H groups in total. The molecule has 4 nitrogen and oxygen atoms in total. The lowest BCUT2D eigenvalue weighted by atomic mass is 10.2. The summed E-state index contributed by atoms with van der Waals surface area (Å²) in [6, 6.07) is 5.07. The van der Waals surface area contributed by atoms with Crippen LogP contribution in [-0.2, 0) is 10.0 Å². The Kier molecular flexibility index (Phi) is 3.64. The third-order valence-corrected chi connectivity index (χ3v) is 5.59. The van der Waals surface area contributed by atoms with E-state index in [0.717, 1.165) is 24.8 Å². The van der Waals surface area contributed by atoms with Gasteiger partial charge in [-0.2, -0.15) is 4.31 Å². The Bertz CT molecular complexity index is 540. The molecule has 1 fully saturated rings. The van der Waals surface area contributed by atoms with Crippen molar-refractivity contribution in [2.45, 2.75) is 44.0 Å². The van der Waals surface area contributed by atoms with Gasteiger partial charge >= 0.3 is 0 Å². The molecule has 1 atom stereocenters. The number of nitrogen functional groups attached to an aromatic ring is 1. The van der Waals surface area contributed by atoms with Gasteiger partial charge in [-0.15, -0.1) is 0 Å². The summed E-state index contributed by atoms with van der Waals surface area (Å²) in [5.41, 5.74) is 7.17. The third kappa shape index (κ3) is 2.24. The van der Waals surface area contributed by atoms with E-state index in [0.29, 0.717) is 17.1 Å². The summed E-state index contributed by atoms with van der Waals surface area (Å²) in [5, 5.41) is 0. The Morgan fingerprint density at radius 2 is 2.17 bits per heavy atom. The maximum absolute atomic E-state index is 12.6. The molecule has 1 heterocycles. The molecule has 1 aliphatic heterocycles. The fraction of sp³-hybridized carbons (Fsp3) is 0.538. The van der Waals surface area contributed by atoms with Crippen molar-refractivity contribution in [3.8, 4) is 0 Å². The predicted octanol–water partition coefficient (Wildman–Crippen LogP) is 2.14. The maximum atomic E-state index is 12.6. The van der Waals surface area contributed by atoms with Gasteiger partial charge < -0.3 is 5.73 Å². The second-order valence-corrected chi connectivity index (χ2v) is 6.73. The molecule has 2 rings (SSSR count). The molecule has 0 spiro atoms. The molecule has 1 aliphatic rings. The summed E-state index contributed by atoms with van der Waals surface area (Å²) >= 11 is 0. The summed E-state index contributed by atoms with van der Waals surface area (Å²) in [7, 11) is -3.36. The van der Waals surface area contributed by atoms with E-state index in [1.165, 1.54) is 0 Å². The van der Waals surface area contributed by atoms with Crippen molar-refractivity contribution in [3.05, 3.63) is 23.8 Å². The fourth-order valence-corrected chi connectivity index (χ4v) is 4.33. The van der Waals surface area contributed by atoms with E-state index >= 15 is 0 Å². The predicted molar refractivity (Wildman–Crippen MR) is 72.8 cm³/mol. The van der Waals surface area contributed by atoms with Crippen molar-refractivity contribution >= 4 is 15.7 Å². The van der Waals surface area contributed by atoms with Crippen LogP contribution in [0.4, 0.5) is 5.69 Å². The molecule has 18 heavy (non-hydrogen) atoms. The van der Waals surface area contributed by atoms with Gasteiger partial charge in [-0.1, -0.05) is 6.92 Å². The van der Waals surface area contributed by atoms with Crippen LogP contribution in [0, 0.1) is 6.92 Å². The van der Waals surface area contributed by atoms with Gasteiger partial charge in [0.05, 0.1) is 4.90 Å². The summed E-state index contributed by atoms with van der Waals surface area (Å²) < 4.78 is 26.7. The average molecular weight is 268 g/mol. The Hall–Kier alpha value is -1.07. The van der Waals surface area contributed by atoms with Crippen LogP contribution in [0.2, 0.25) is 0 Å². The molecule has 0 saturated carbocycles. The molecule has 100 valence electrons. The number of hydrogen-bond donors (Lipinski definition) is 1. The minimum Gasteiger partial charge on any atom is -0.399 e. The molecule has 1 aromatic carbocycles. The van der Waals surface area contributed by atoms with Crippen molar-refractivity contribution in [2.24, 2.45) is 0 Å². The standard InChI is InChI=1S/C13H20N2O2S/c1-3-11-5-4-8-15(11)18(16,17)12-6-7-13(14)10(2)9-12/h6-7,9,11H,3-5,8,14H2,1-2H3. The number of aryl methyl sites for hydroxylation is 1. The second kappa shape index (κ2) is 4.90. The number of nitrogens with zero attached hydrogens (tertiary/aromatic N) is 1. The van der Waals surface area contributed by atoms with E-state index < -0.39 is 10.0 Å². The smallest absolute Gasteiger partial charge is 0.243 e.